The van der Waals surface area contributed by atoms with Crippen LogP contribution < -0.4 is 5.32 Å². The predicted octanol–water partition coefficient (Wildman–Crippen LogP) is 13.1. The fraction of sp³-hybridized carbons (Fsp3) is 0.792. The van der Waals surface area contributed by atoms with E-state index in [1.165, 1.54) is 103 Å². The Bertz CT molecular complexity index is 926. The van der Waals surface area contributed by atoms with Crippen molar-refractivity contribution < 1.29 is 24.5 Å². The maximum absolute atomic E-state index is 12.3. The summed E-state index contributed by atoms with van der Waals surface area (Å²) >= 11 is 0. The van der Waals surface area contributed by atoms with Crippen LogP contribution in [0.15, 0.2) is 48.6 Å². The third-order valence-electron chi connectivity index (χ3n) is 10.1. The van der Waals surface area contributed by atoms with Gasteiger partial charge >= 0.3 is 5.97 Å². The molecule has 54 heavy (non-hydrogen) atoms. The summed E-state index contributed by atoms with van der Waals surface area (Å²) < 4.78 is 5.42. The maximum Gasteiger partial charge on any atom is 0.305 e. The molecule has 0 bridgehead atoms. The zero-order chi connectivity index (χ0) is 39.4. The molecule has 0 spiro atoms. The number of aliphatic hydroxyl groups is 2. The summed E-state index contributed by atoms with van der Waals surface area (Å²) in [5, 5.41) is 22.8. The lowest BCUT2D eigenvalue weighted by atomic mass is 10.1. The first kappa shape index (κ1) is 51.8. The van der Waals surface area contributed by atoms with Crippen molar-refractivity contribution in [2.24, 2.45) is 0 Å². The molecule has 0 fully saturated rings. The molecule has 0 saturated carbocycles. The zero-order valence-electron chi connectivity index (χ0n) is 35.4. The van der Waals surface area contributed by atoms with E-state index >= 15 is 0 Å². The minimum Gasteiger partial charge on any atom is -0.466 e. The summed E-state index contributed by atoms with van der Waals surface area (Å²) in [5.74, 6) is -0.145. The monoisotopic (exact) mass is 758 g/mol. The number of aliphatic hydroxyl groups excluding tert-OH is 2. The molecule has 2 unspecified atom stereocenters. The number of carbonyl (C=O) groups is 2. The van der Waals surface area contributed by atoms with Gasteiger partial charge in [0, 0.05) is 12.8 Å². The van der Waals surface area contributed by atoms with Crippen LogP contribution in [-0.2, 0) is 14.3 Å². The molecule has 0 aliphatic heterocycles. The molecule has 1 amide bonds. The molecule has 0 radical (unpaired) electrons. The SMILES string of the molecule is CCCCC/C=C\C/C=C\CCCCCCCCCC(=O)OCCCC/C=C\CCCCCCCC(=O)NC(CO)C(O)/C=C/CCCCCCCCC. The lowest BCUT2D eigenvalue weighted by Crippen LogP contribution is -2.45. The number of ether oxygens (including phenoxy) is 1. The number of hydrogen-bond acceptors (Lipinski definition) is 5. The van der Waals surface area contributed by atoms with Gasteiger partial charge in [0.05, 0.1) is 25.4 Å². The van der Waals surface area contributed by atoms with Gasteiger partial charge in [0.25, 0.3) is 0 Å². The first-order valence-electron chi connectivity index (χ1n) is 22.9. The van der Waals surface area contributed by atoms with Gasteiger partial charge in [-0.25, -0.2) is 0 Å². The molecule has 0 saturated heterocycles. The molecule has 0 aliphatic carbocycles. The van der Waals surface area contributed by atoms with Crippen LogP contribution in [0.4, 0.5) is 0 Å². The average molecular weight is 758 g/mol. The van der Waals surface area contributed by atoms with Gasteiger partial charge in [-0.2, -0.15) is 0 Å². The lowest BCUT2D eigenvalue weighted by Gasteiger charge is -2.20. The Morgan fingerprint density at radius 1 is 0.519 bits per heavy atom. The molecule has 3 N–H and O–H groups in total. The van der Waals surface area contributed by atoms with Crippen molar-refractivity contribution in [3.63, 3.8) is 0 Å². The molecule has 0 aromatic carbocycles. The summed E-state index contributed by atoms with van der Waals surface area (Å²) in [7, 11) is 0. The minimum atomic E-state index is -0.861. The van der Waals surface area contributed by atoms with Gasteiger partial charge in [-0.05, 0) is 89.9 Å². The second-order valence-electron chi connectivity index (χ2n) is 15.4. The van der Waals surface area contributed by atoms with Gasteiger partial charge in [0.15, 0.2) is 0 Å². The molecule has 0 rings (SSSR count). The number of carbonyl (C=O) groups excluding carboxylic acids is 2. The van der Waals surface area contributed by atoms with E-state index in [1.807, 2.05) is 6.08 Å². The Morgan fingerprint density at radius 3 is 1.46 bits per heavy atom. The van der Waals surface area contributed by atoms with Crippen LogP contribution in [0, 0.1) is 0 Å². The Morgan fingerprint density at radius 2 is 0.926 bits per heavy atom. The second kappa shape index (κ2) is 43.5. The van der Waals surface area contributed by atoms with Crippen LogP contribution in [0.5, 0.6) is 0 Å². The van der Waals surface area contributed by atoms with Crippen molar-refractivity contribution >= 4 is 11.9 Å². The summed E-state index contributed by atoms with van der Waals surface area (Å²) in [5.41, 5.74) is 0. The van der Waals surface area contributed by atoms with E-state index < -0.39 is 12.1 Å². The summed E-state index contributed by atoms with van der Waals surface area (Å²) in [4.78, 5) is 24.3. The number of nitrogens with one attached hydrogen (secondary N) is 1. The predicted molar refractivity (Wildman–Crippen MR) is 232 cm³/mol. The number of rotatable bonds is 41. The molecule has 0 aromatic rings. The van der Waals surface area contributed by atoms with E-state index in [1.54, 1.807) is 6.08 Å². The summed E-state index contributed by atoms with van der Waals surface area (Å²) in [6.07, 6.45) is 52.5. The minimum absolute atomic E-state index is 0.0427. The Kier molecular flexibility index (Phi) is 41.8. The van der Waals surface area contributed by atoms with Gasteiger partial charge in [-0.15, -0.1) is 0 Å². The Balaban J connectivity index is 3.54. The van der Waals surface area contributed by atoms with Crippen molar-refractivity contribution in [2.75, 3.05) is 13.2 Å². The van der Waals surface area contributed by atoms with Crippen molar-refractivity contribution in [3.8, 4) is 0 Å². The highest BCUT2D eigenvalue weighted by atomic mass is 16.5. The molecular formula is C48H87NO5. The van der Waals surface area contributed by atoms with Gasteiger partial charge in [-0.3, -0.25) is 9.59 Å². The molecule has 0 heterocycles. The fourth-order valence-electron chi connectivity index (χ4n) is 6.48. The Hall–Kier alpha value is -2.18. The third-order valence-corrected chi connectivity index (χ3v) is 10.1. The van der Waals surface area contributed by atoms with Crippen LogP contribution in [0.25, 0.3) is 0 Å². The maximum atomic E-state index is 12.3. The number of hydrogen-bond donors (Lipinski definition) is 3. The summed E-state index contributed by atoms with van der Waals surface area (Å²) in [6, 6.07) is -0.648. The second-order valence-corrected chi connectivity index (χ2v) is 15.4. The van der Waals surface area contributed by atoms with Crippen molar-refractivity contribution in [2.45, 2.75) is 231 Å². The standard InChI is InChI=1S/C48H87NO5/c1-3-5-7-9-11-13-14-15-16-17-18-19-22-26-30-34-38-42-48(53)54-43-39-35-31-27-23-20-21-25-29-33-37-41-47(52)49-45(44-50)46(51)40-36-32-28-24-12-10-8-6-4-2/h11,13,15-16,23,27,36,40,45-46,50-51H,3-10,12,14,17-22,24-26,28-35,37-39,41-44H2,1-2H3,(H,49,52)/b13-11-,16-15-,27-23-,40-36+. The van der Waals surface area contributed by atoms with Crippen molar-refractivity contribution in [1.82, 2.24) is 5.32 Å². The van der Waals surface area contributed by atoms with Gasteiger partial charge in [0.2, 0.25) is 5.91 Å². The number of allylic oxidation sites excluding steroid dienone is 7. The van der Waals surface area contributed by atoms with Gasteiger partial charge < -0.3 is 20.3 Å². The van der Waals surface area contributed by atoms with E-state index in [-0.39, 0.29) is 18.5 Å². The van der Waals surface area contributed by atoms with Gasteiger partial charge in [-0.1, -0.05) is 165 Å². The van der Waals surface area contributed by atoms with Crippen LogP contribution >= 0.6 is 0 Å². The molecule has 6 heteroatoms. The number of unbranched alkanes of at least 4 members (excludes halogenated alkanes) is 24. The smallest absolute Gasteiger partial charge is 0.305 e. The molecule has 0 aromatic heterocycles. The van der Waals surface area contributed by atoms with Crippen molar-refractivity contribution in [1.29, 1.82) is 0 Å². The van der Waals surface area contributed by atoms with Gasteiger partial charge in [0.1, 0.15) is 0 Å². The highest BCUT2D eigenvalue weighted by Crippen LogP contribution is 2.13. The van der Waals surface area contributed by atoms with Crippen molar-refractivity contribution in [3.05, 3.63) is 48.6 Å². The molecule has 2 atom stereocenters. The molecular weight excluding hydrogens is 671 g/mol. The summed E-state index contributed by atoms with van der Waals surface area (Å²) in [6.45, 7) is 4.74. The topological polar surface area (TPSA) is 95.9 Å². The normalized spacial score (nSPS) is 13.2. The molecule has 314 valence electrons. The van der Waals surface area contributed by atoms with E-state index in [0.29, 0.717) is 19.4 Å². The van der Waals surface area contributed by atoms with E-state index in [0.717, 1.165) is 89.9 Å². The lowest BCUT2D eigenvalue weighted by molar-refractivity contribution is -0.143. The first-order chi connectivity index (χ1) is 26.5. The van der Waals surface area contributed by atoms with Crippen LogP contribution in [0.2, 0.25) is 0 Å². The zero-order valence-corrected chi connectivity index (χ0v) is 35.4. The number of esters is 1. The highest BCUT2D eigenvalue weighted by molar-refractivity contribution is 5.76. The quantitative estimate of drug-likeness (QED) is 0.0328. The first-order valence-corrected chi connectivity index (χ1v) is 22.9. The van der Waals surface area contributed by atoms with E-state index in [9.17, 15) is 19.8 Å². The molecule has 0 aliphatic rings. The average Bonchev–Trinajstić information content (AvgIpc) is 3.17. The van der Waals surface area contributed by atoms with Crippen LogP contribution in [-0.4, -0.2) is 47.4 Å². The largest absolute Gasteiger partial charge is 0.466 e. The van der Waals surface area contributed by atoms with E-state index in [2.05, 4.69) is 55.6 Å². The van der Waals surface area contributed by atoms with E-state index in [4.69, 9.17) is 4.74 Å². The van der Waals surface area contributed by atoms with Crippen LogP contribution in [0.1, 0.15) is 219 Å². The highest BCUT2D eigenvalue weighted by Gasteiger charge is 2.18. The third kappa shape index (κ3) is 39.5. The van der Waals surface area contributed by atoms with Crippen LogP contribution in [0.3, 0.4) is 0 Å². The fourth-order valence-corrected chi connectivity index (χ4v) is 6.48. The molecule has 6 nitrogen and oxygen atoms in total. The number of amides is 1. The Labute approximate surface area is 334 Å².